The Bertz CT molecular complexity index is 670. The first-order chi connectivity index (χ1) is 10.6. The van der Waals surface area contributed by atoms with Gasteiger partial charge in [-0.3, -0.25) is 14.6 Å². The molecule has 2 rings (SSSR count). The predicted octanol–water partition coefficient (Wildman–Crippen LogP) is 2.24. The second kappa shape index (κ2) is 7.54. The third-order valence-electron chi connectivity index (χ3n) is 3.77. The van der Waals surface area contributed by atoms with Crippen molar-refractivity contribution in [3.8, 4) is 0 Å². The number of hydrogen-bond acceptors (Lipinski definition) is 3. The average molecular weight is 299 g/mol. The molecule has 0 saturated heterocycles. The number of pyridine rings is 1. The Morgan fingerprint density at radius 2 is 1.86 bits per heavy atom. The second-order valence-electron chi connectivity index (χ2n) is 5.48. The Labute approximate surface area is 129 Å². The molecule has 0 fully saturated rings. The lowest BCUT2D eigenvalue weighted by molar-refractivity contribution is -0.120. The zero-order valence-electron chi connectivity index (χ0n) is 12.5. The average Bonchev–Trinajstić information content (AvgIpc) is 2.49. The third-order valence-corrected chi connectivity index (χ3v) is 3.77. The second-order valence-corrected chi connectivity index (χ2v) is 5.48. The number of rotatable bonds is 8. The van der Waals surface area contributed by atoms with Gasteiger partial charge in [0.05, 0.1) is 11.4 Å². The van der Waals surface area contributed by atoms with Gasteiger partial charge >= 0.3 is 0 Å². The van der Waals surface area contributed by atoms with Crippen LogP contribution in [0.3, 0.4) is 0 Å². The summed E-state index contributed by atoms with van der Waals surface area (Å²) >= 11 is 0. The zero-order valence-corrected chi connectivity index (χ0v) is 12.5. The van der Waals surface area contributed by atoms with Crippen molar-refractivity contribution in [3.05, 3.63) is 42.1 Å². The van der Waals surface area contributed by atoms with E-state index >= 15 is 0 Å². The van der Waals surface area contributed by atoms with E-state index in [0.717, 1.165) is 35.7 Å². The molecule has 1 atom stereocenters. The van der Waals surface area contributed by atoms with Gasteiger partial charge in [0.25, 0.3) is 0 Å². The molecular weight excluding hydrogens is 278 g/mol. The molecule has 2 amide bonds. The Morgan fingerprint density at radius 1 is 1.09 bits per heavy atom. The van der Waals surface area contributed by atoms with Crippen molar-refractivity contribution in [2.24, 2.45) is 11.5 Å². The largest absolute Gasteiger partial charge is 0.370 e. The molecule has 5 heteroatoms. The fourth-order valence-corrected chi connectivity index (χ4v) is 2.58. The molecule has 2 aromatic rings. The summed E-state index contributed by atoms with van der Waals surface area (Å²) in [4.78, 5) is 26.8. The highest BCUT2D eigenvalue weighted by atomic mass is 16.1. The van der Waals surface area contributed by atoms with Crippen LogP contribution in [-0.2, 0) is 9.59 Å². The minimum absolute atomic E-state index is 0.287. The Kier molecular flexibility index (Phi) is 5.47. The van der Waals surface area contributed by atoms with Gasteiger partial charge in [0.2, 0.25) is 11.8 Å². The van der Waals surface area contributed by atoms with Crippen LogP contribution in [0.4, 0.5) is 0 Å². The minimum atomic E-state index is -0.342. The van der Waals surface area contributed by atoms with Gasteiger partial charge < -0.3 is 11.5 Å². The SMILES string of the molecule is NC(=O)CCCCCC(C(N)=O)c1cnc2ccccc2c1. The molecule has 0 aliphatic heterocycles. The van der Waals surface area contributed by atoms with E-state index in [0.29, 0.717) is 12.8 Å². The number of fused-ring (bicyclic) bond motifs is 1. The van der Waals surface area contributed by atoms with E-state index in [-0.39, 0.29) is 17.7 Å². The number of primary amides is 2. The van der Waals surface area contributed by atoms with Gasteiger partial charge in [-0.05, 0) is 30.5 Å². The topological polar surface area (TPSA) is 99.1 Å². The molecule has 0 radical (unpaired) electrons. The number of benzene rings is 1. The maximum atomic E-state index is 11.7. The van der Waals surface area contributed by atoms with Crippen LogP contribution >= 0.6 is 0 Å². The molecule has 116 valence electrons. The van der Waals surface area contributed by atoms with Crippen LogP contribution in [0.2, 0.25) is 0 Å². The monoisotopic (exact) mass is 299 g/mol. The number of unbranched alkanes of at least 4 members (excludes halogenated alkanes) is 2. The first kappa shape index (κ1) is 15.9. The maximum Gasteiger partial charge on any atom is 0.225 e. The molecule has 4 N–H and O–H groups in total. The number of amides is 2. The lowest BCUT2D eigenvalue weighted by atomic mass is 9.92. The molecule has 1 heterocycles. The molecule has 1 unspecified atom stereocenters. The van der Waals surface area contributed by atoms with Crippen LogP contribution in [0.25, 0.3) is 10.9 Å². The van der Waals surface area contributed by atoms with Gasteiger partial charge in [-0.2, -0.15) is 0 Å². The van der Waals surface area contributed by atoms with Crippen molar-refractivity contribution in [1.29, 1.82) is 0 Å². The molecule has 1 aromatic carbocycles. The van der Waals surface area contributed by atoms with E-state index in [1.54, 1.807) is 6.20 Å². The fourth-order valence-electron chi connectivity index (χ4n) is 2.58. The molecule has 5 nitrogen and oxygen atoms in total. The van der Waals surface area contributed by atoms with Crippen LogP contribution in [0.1, 0.15) is 43.6 Å². The molecule has 0 saturated carbocycles. The van der Waals surface area contributed by atoms with Crippen LogP contribution in [0, 0.1) is 0 Å². The van der Waals surface area contributed by atoms with Crippen LogP contribution in [0.15, 0.2) is 36.5 Å². The number of nitrogens with zero attached hydrogens (tertiary/aromatic N) is 1. The van der Waals surface area contributed by atoms with E-state index in [1.165, 1.54) is 0 Å². The number of para-hydroxylation sites is 1. The lowest BCUT2D eigenvalue weighted by Gasteiger charge is -2.14. The minimum Gasteiger partial charge on any atom is -0.370 e. The van der Waals surface area contributed by atoms with Gasteiger partial charge in [-0.1, -0.05) is 31.0 Å². The van der Waals surface area contributed by atoms with E-state index in [9.17, 15) is 9.59 Å². The van der Waals surface area contributed by atoms with Gasteiger partial charge in [0, 0.05) is 18.0 Å². The molecule has 0 aliphatic carbocycles. The Hall–Kier alpha value is -2.43. The number of hydrogen-bond donors (Lipinski definition) is 2. The van der Waals surface area contributed by atoms with Crippen molar-refractivity contribution in [1.82, 2.24) is 4.98 Å². The summed E-state index contributed by atoms with van der Waals surface area (Å²) in [5, 5.41) is 1.000. The van der Waals surface area contributed by atoms with Gasteiger partial charge in [-0.15, -0.1) is 0 Å². The van der Waals surface area contributed by atoms with E-state index < -0.39 is 0 Å². The van der Waals surface area contributed by atoms with Crippen LogP contribution in [0.5, 0.6) is 0 Å². The molecule has 22 heavy (non-hydrogen) atoms. The third kappa shape index (κ3) is 4.28. The van der Waals surface area contributed by atoms with E-state index in [4.69, 9.17) is 11.5 Å². The normalized spacial score (nSPS) is 12.2. The fraction of sp³-hybridized carbons (Fsp3) is 0.353. The maximum absolute atomic E-state index is 11.7. The number of carbonyl (C=O) groups is 2. The van der Waals surface area contributed by atoms with Crippen molar-refractivity contribution < 1.29 is 9.59 Å². The molecule has 1 aromatic heterocycles. The summed E-state index contributed by atoms with van der Waals surface area (Å²) in [6, 6.07) is 9.75. The summed E-state index contributed by atoms with van der Waals surface area (Å²) in [6.45, 7) is 0. The van der Waals surface area contributed by atoms with Gasteiger partial charge in [-0.25, -0.2) is 0 Å². The van der Waals surface area contributed by atoms with Crippen molar-refractivity contribution >= 4 is 22.7 Å². The Morgan fingerprint density at radius 3 is 2.59 bits per heavy atom. The summed E-state index contributed by atoms with van der Waals surface area (Å²) in [6.07, 6.45) is 5.20. The first-order valence-electron chi connectivity index (χ1n) is 7.50. The quantitative estimate of drug-likeness (QED) is 0.731. The van der Waals surface area contributed by atoms with Gasteiger partial charge in [0.1, 0.15) is 0 Å². The standard InChI is InChI=1S/C17H21N3O2/c18-16(21)9-3-1-2-7-14(17(19)22)13-10-12-6-4-5-8-15(12)20-11-13/h4-6,8,10-11,14H,1-3,7,9H2,(H2,18,21)(H2,19,22). The molecular formula is C17H21N3O2. The predicted molar refractivity (Wildman–Crippen MR) is 86.0 cm³/mol. The van der Waals surface area contributed by atoms with E-state index in [2.05, 4.69) is 4.98 Å². The molecule has 0 aliphatic rings. The first-order valence-corrected chi connectivity index (χ1v) is 7.50. The van der Waals surface area contributed by atoms with Crippen molar-refractivity contribution in [2.45, 2.75) is 38.0 Å². The highest BCUT2D eigenvalue weighted by Gasteiger charge is 2.18. The van der Waals surface area contributed by atoms with E-state index in [1.807, 2.05) is 30.3 Å². The lowest BCUT2D eigenvalue weighted by Crippen LogP contribution is -2.21. The van der Waals surface area contributed by atoms with Crippen molar-refractivity contribution in [3.63, 3.8) is 0 Å². The summed E-state index contributed by atoms with van der Waals surface area (Å²) < 4.78 is 0. The summed E-state index contributed by atoms with van der Waals surface area (Å²) in [7, 11) is 0. The number of nitrogens with two attached hydrogens (primary N) is 2. The molecule has 0 bridgehead atoms. The number of aromatic nitrogens is 1. The zero-order chi connectivity index (χ0) is 15.9. The summed E-state index contributed by atoms with van der Waals surface area (Å²) in [5.41, 5.74) is 12.4. The number of carbonyl (C=O) groups excluding carboxylic acids is 2. The Balaban J connectivity index is 2.03. The molecule has 0 spiro atoms. The summed E-state index contributed by atoms with van der Waals surface area (Å²) in [5.74, 6) is -0.970. The highest BCUT2D eigenvalue weighted by molar-refractivity contribution is 5.84. The smallest absolute Gasteiger partial charge is 0.225 e. The van der Waals surface area contributed by atoms with Crippen LogP contribution < -0.4 is 11.5 Å². The van der Waals surface area contributed by atoms with Crippen LogP contribution in [-0.4, -0.2) is 16.8 Å². The van der Waals surface area contributed by atoms with Gasteiger partial charge in [0.15, 0.2) is 0 Å². The highest BCUT2D eigenvalue weighted by Crippen LogP contribution is 2.24. The van der Waals surface area contributed by atoms with Crippen molar-refractivity contribution in [2.75, 3.05) is 0 Å².